The number of hydrogen-bond acceptors (Lipinski definition) is 6. The molecule has 1 N–H and O–H groups in total. The lowest BCUT2D eigenvalue weighted by atomic mass is 10.0. The van der Waals surface area contributed by atoms with Gasteiger partial charge in [0.15, 0.2) is 16.6 Å². The minimum absolute atomic E-state index is 0.0817. The number of rotatable bonds is 6. The number of hydrogen-bond donors (Lipinski definition) is 1. The van der Waals surface area contributed by atoms with Crippen LogP contribution in [0.5, 0.6) is 11.5 Å². The molecule has 0 aliphatic heterocycles. The molecule has 0 unspecified atom stereocenters. The summed E-state index contributed by atoms with van der Waals surface area (Å²) in [5, 5.41) is 3.29. The van der Waals surface area contributed by atoms with E-state index in [1.807, 2.05) is 12.1 Å². The predicted molar refractivity (Wildman–Crippen MR) is 110 cm³/mol. The number of carbonyl (C=O) groups excluding carboxylic acids is 2. The zero-order valence-corrected chi connectivity index (χ0v) is 16.9. The highest BCUT2D eigenvalue weighted by Crippen LogP contribution is 2.36. The van der Waals surface area contributed by atoms with Crippen molar-refractivity contribution in [3.05, 3.63) is 47.5 Å². The van der Waals surface area contributed by atoms with Crippen molar-refractivity contribution in [1.29, 1.82) is 0 Å². The Kier molecular flexibility index (Phi) is 5.79. The molecule has 0 saturated heterocycles. The fourth-order valence-corrected chi connectivity index (χ4v) is 3.66. The third kappa shape index (κ3) is 4.07. The summed E-state index contributed by atoms with van der Waals surface area (Å²) in [4.78, 5) is 30.8. The fourth-order valence-electron chi connectivity index (χ4n) is 2.77. The van der Waals surface area contributed by atoms with E-state index in [-0.39, 0.29) is 18.2 Å². The van der Waals surface area contributed by atoms with Crippen LogP contribution >= 0.6 is 11.3 Å². The Balaban J connectivity index is 1.80. The van der Waals surface area contributed by atoms with E-state index in [4.69, 9.17) is 9.47 Å². The Hall–Kier alpha value is -3.13. The van der Waals surface area contributed by atoms with Gasteiger partial charge in [0, 0.05) is 31.8 Å². The second-order valence-corrected chi connectivity index (χ2v) is 7.31. The zero-order chi connectivity index (χ0) is 20.3. The van der Waals surface area contributed by atoms with Gasteiger partial charge in [0.05, 0.1) is 30.9 Å². The van der Waals surface area contributed by atoms with Gasteiger partial charge in [-0.15, -0.1) is 0 Å². The van der Waals surface area contributed by atoms with E-state index in [0.29, 0.717) is 33.3 Å². The smallest absolute Gasteiger partial charge is 0.253 e. The Morgan fingerprint density at radius 2 is 1.79 bits per heavy atom. The minimum atomic E-state index is -0.239. The molecule has 8 heteroatoms. The molecule has 7 nitrogen and oxygen atoms in total. The van der Waals surface area contributed by atoms with Gasteiger partial charge in [-0.1, -0.05) is 29.5 Å². The molecule has 28 heavy (non-hydrogen) atoms. The number of amides is 2. The lowest BCUT2D eigenvalue weighted by molar-refractivity contribution is -0.115. The van der Waals surface area contributed by atoms with Crippen LogP contribution < -0.4 is 14.8 Å². The summed E-state index contributed by atoms with van der Waals surface area (Å²) in [5.74, 6) is 0.807. The minimum Gasteiger partial charge on any atom is -0.493 e. The number of ether oxygens (including phenoxy) is 2. The van der Waals surface area contributed by atoms with E-state index in [1.54, 1.807) is 52.6 Å². The Bertz CT molecular complexity index is 988. The summed E-state index contributed by atoms with van der Waals surface area (Å²) in [5.41, 5.74) is 1.89. The molecule has 0 aliphatic rings. The first-order chi connectivity index (χ1) is 13.4. The van der Waals surface area contributed by atoms with E-state index in [0.717, 1.165) is 4.70 Å². The van der Waals surface area contributed by atoms with Crippen LogP contribution in [0.2, 0.25) is 0 Å². The maximum atomic E-state index is 12.5. The highest BCUT2D eigenvalue weighted by molar-refractivity contribution is 7.22. The second kappa shape index (κ2) is 8.26. The average Bonchev–Trinajstić information content (AvgIpc) is 3.07. The Morgan fingerprint density at radius 1 is 1.11 bits per heavy atom. The molecule has 0 aliphatic carbocycles. The first-order valence-corrected chi connectivity index (χ1v) is 9.36. The topological polar surface area (TPSA) is 80.8 Å². The number of aromatic nitrogens is 1. The van der Waals surface area contributed by atoms with Crippen LogP contribution in [0.15, 0.2) is 36.4 Å². The van der Waals surface area contributed by atoms with Gasteiger partial charge in [-0.25, -0.2) is 4.98 Å². The number of anilines is 1. The molecule has 0 fully saturated rings. The second-order valence-electron chi connectivity index (χ2n) is 6.28. The summed E-state index contributed by atoms with van der Waals surface area (Å²) in [6.07, 6.45) is 0.0817. The summed E-state index contributed by atoms with van der Waals surface area (Å²) in [7, 11) is 6.50. The molecule has 0 bridgehead atoms. The zero-order valence-electron chi connectivity index (χ0n) is 16.1. The average molecular weight is 399 g/mol. The molecule has 0 atom stereocenters. The van der Waals surface area contributed by atoms with Crippen molar-refractivity contribution >= 4 is 38.5 Å². The van der Waals surface area contributed by atoms with Crippen molar-refractivity contribution in [3.8, 4) is 11.5 Å². The van der Waals surface area contributed by atoms with E-state index < -0.39 is 0 Å². The SMILES string of the molecule is COc1cc2nc(NC(=O)Cc3ccccc3C(=O)N(C)C)sc2cc1OC. The summed E-state index contributed by atoms with van der Waals surface area (Å²) >= 11 is 1.35. The maximum Gasteiger partial charge on any atom is 0.253 e. The van der Waals surface area contributed by atoms with Crippen LogP contribution in [0.25, 0.3) is 10.2 Å². The fraction of sp³-hybridized carbons (Fsp3) is 0.250. The number of fused-ring (bicyclic) bond motifs is 1. The standard InChI is InChI=1S/C20H21N3O4S/c1-23(2)19(25)13-8-6-5-7-12(13)9-18(24)22-20-21-14-10-15(26-3)16(27-4)11-17(14)28-20/h5-8,10-11H,9H2,1-4H3,(H,21,22,24). The summed E-state index contributed by atoms with van der Waals surface area (Å²) < 4.78 is 11.5. The first kappa shape index (κ1) is 19.6. The van der Waals surface area contributed by atoms with Gasteiger partial charge in [-0.05, 0) is 11.6 Å². The maximum absolute atomic E-state index is 12.5. The molecule has 146 valence electrons. The van der Waals surface area contributed by atoms with Gasteiger partial charge in [-0.2, -0.15) is 0 Å². The van der Waals surface area contributed by atoms with Gasteiger partial charge in [0.2, 0.25) is 5.91 Å². The molecule has 1 heterocycles. The van der Waals surface area contributed by atoms with Crippen LogP contribution in [0.4, 0.5) is 5.13 Å². The van der Waals surface area contributed by atoms with Gasteiger partial charge in [-0.3, -0.25) is 9.59 Å². The van der Waals surface area contributed by atoms with Crippen LogP contribution in [-0.2, 0) is 11.2 Å². The molecule has 0 saturated carbocycles. The number of nitrogens with one attached hydrogen (secondary N) is 1. The van der Waals surface area contributed by atoms with Crippen LogP contribution in [0.3, 0.4) is 0 Å². The molecule has 0 spiro atoms. The van der Waals surface area contributed by atoms with Crippen molar-refractivity contribution in [3.63, 3.8) is 0 Å². The molecule has 1 aromatic heterocycles. The van der Waals surface area contributed by atoms with Crippen molar-refractivity contribution in [2.75, 3.05) is 33.6 Å². The highest BCUT2D eigenvalue weighted by atomic mass is 32.1. The number of benzene rings is 2. The third-order valence-electron chi connectivity index (χ3n) is 4.15. The molecule has 2 amide bonds. The van der Waals surface area contributed by atoms with E-state index >= 15 is 0 Å². The van der Waals surface area contributed by atoms with E-state index in [9.17, 15) is 9.59 Å². The van der Waals surface area contributed by atoms with Crippen molar-refractivity contribution in [2.45, 2.75) is 6.42 Å². The molecule has 2 aromatic carbocycles. The van der Waals surface area contributed by atoms with Crippen LogP contribution in [0.1, 0.15) is 15.9 Å². The lowest BCUT2D eigenvalue weighted by Crippen LogP contribution is -2.24. The Labute approximate surface area is 166 Å². The van der Waals surface area contributed by atoms with Gasteiger partial charge >= 0.3 is 0 Å². The molecule has 3 rings (SSSR count). The van der Waals surface area contributed by atoms with Crippen molar-refractivity contribution in [2.24, 2.45) is 0 Å². The normalized spacial score (nSPS) is 10.6. The van der Waals surface area contributed by atoms with Crippen LogP contribution in [0, 0.1) is 0 Å². The van der Waals surface area contributed by atoms with Gasteiger partial charge < -0.3 is 19.7 Å². The monoisotopic (exact) mass is 399 g/mol. The molecular weight excluding hydrogens is 378 g/mol. The lowest BCUT2D eigenvalue weighted by Gasteiger charge is -2.13. The number of nitrogens with zero attached hydrogens (tertiary/aromatic N) is 2. The predicted octanol–water partition coefficient (Wildman–Crippen LogP) is 3.20. The number of methoxy groups -OCH3 is 2. The first-order valence-electron chi connectivity index (χ1n) is 8.55. The summed E-state index contributed by atoms with van der Waals surface area (Å²) in [6, 6.07) is 10.7. The number of carbonyl (C=O) groups is 2. The van der Waals surface area contributed by atoms with Crippen molar-refractivity contribution < 1.29 is 19.1 Å². The third-order valence-corrected chi connectivity index (χ3v) is 5.08. The quantitative estimate of drug-likeness (QED) is 0.688. The van der Waals surface area contributed by atoms with Gasteiger partial charge in [0.25, 0.3) is 5.91 Å². The van der Waals surface area contributed by atoms with Gasteiger partial charge in [0.1, 0.15) is 0 Å². The van der Waals surface area contributed by atoms with Crippen LogP contribution in [-0.4, -0.2) is 50.0 Å². The van der Waals surface area contributed by atoms with E-state index in [2.05, 4.69) is 10.3 Å². The van der Waals surface area contributed by atoms with Crippen molar-refractivity contribution in [1.82, 2.24) is 9.88 Å². The largest absolute Gasteiger partial charge is 0.493 e. The molecular formula is C20H21N3O4S. The highest BCUT2D eigenvalue weighted by Gasteiger charge is 2.17. The number of thiazole rings is 1. The molecule has 3 aromatic rings. The Morgan fingerprint density at radius 3 is 2.46 bits per heavy atom. The molecule has 0 radical (unpaired) electrons. The summed E-state index contributed by atoms with van der Waals surface area (Å²) in [6.45, 7) is 0. The van der Waals surface area contributed by atoms with E-state index in [1.165, 1.54) is 16.2 Å².